The third kappa shape index (κ3) is 4.41. The van der Waals surface area contributed by atoms with Crippen LogP contribution in [0.25, 0.3) is 0 Å². The van der Waals surface area contributed by atoms with Crippen molar-refractivity contribution in [1.82, 2.24) is 10.2 Å². The monoisotopic (exact) mass is 530 g/mol. The Morgan fingerprint density at radius 1 is 1.08 bits per heavy atom. The number of hydrogen-bond acceptors (Lipinski definition) is 5. The van der Waals surface area contributed by atoms with E-state index in [0.717, 1.165) is 5.56 Å². The van der Waals surface area contributed by atoms with Gasteiger partial charge in [0.15, 0.2) is 17.2 Å². The van der Waals surface area contributed by atoms with Crippen LogP contribution in [0.3, 0.4) is 0 Å². The number of carbonyl (C=O) groups is 2. The normalized spacial score (nSPS) is 22.1. The number of fused-ring (bicyclic) bond motifs is 4. The Morgan fingerprint density at radius 2 is 1.85 bits per heavy atom. The van der Waals surface area contributed by atoms with E-state index in [4.69, 9.17) is 9.47 Å². The fourth-order valence-electron chi connectivity index (χ4n) is 5.84. The number of nitrogens with one attached hydrogen (secondary N) is 1. The predicted molar refractivity (Wildman–Crippen MR) is 146 cm³/mol. The van der Waals surface area contributed by atoms with Gasteiger partial charge < -0.3 is 24.6 Å². The summed E-state index contributed by atoms with van der Waals surface area (Å²) in [6, 6.07) is 19.0. The molecule has 8 nitrogen and oxygen atoms in total. The Kier molecular flexibility index (Phi) is 6.29. The summed E-state index contributed by atoms with van der Waals surface area (Å²) in [5, 5.41) is 3.10. The molecule has 202 valence electrons. The molecular formula is C30H31FN4O4. The van der Waals surface area contributed by atoms with Crippen LogP contribution < -0.4 is 24.6 Å². The van der Waals surface area contributed by atoms with Crippen molar-refractivity contribution < 1.29 is 23.5 Å². The van der Waals surface area contributed by atoms with Crippen LogP contribution in [-0.4, -0.2) is 55.3 Å². The molecular weight excluding hydrogens is 499 g/mol. The minimum atomic E-state index is -0.972. The van der Waals surface area contributed by atoms with Gasteiger partial charge in [-0.3, -0.25) is 9.69 Å². The maximum Gasteiger partial charge on any atom is 0.325 e. The second-order valence-corrected chi connectivity index (χ2v) is 10.2. The van der Waals surface area contributed by atoms with Crippen molar-refractivity contribution in [3.8, 4) is 11.5 Å². The van der Waals surface area contributed by atoms with E-state index in [2.05, 4.69) is 5.32 Å². The minimum Gasteiger partial charge on any atom is -0.490 e. The van der Waals surface area contributed by atoms with Gasteiger partial charge in [0.05, 0.1) is 24.0 Å². The largest absolute Gasteiger partial charge is 0.490 e. The lowest BCUT2D eigenvalue weighted by molar-refractivity contribution is 0.0343. The number of hydrogen-bond donors (Lipinski definition) is 1. The minimum absolute atomic E-state index is 0.126. The molecule has 3 amide bonds. The number of urea groups is 1. The van der Waals surface area contributed by atoms with Crippen molar-refractivity contribution in [2.75, 3.05) is 42.6 Å². The molecule has 3 aliphatic rings. The quantitative estimate of drug-likeness (QED) is 0.505. The molecule has 0 spiro atoms. The van der Waals surface area contributed by atoms with Crippen molar-refractivity contribution in [3.05, 3.63) is 83.7 Å². The van der Waals surface area contributed by atoms with Crippen molar-refractivity contribution >= 4 is 23.3 Å². The highest BCUT2D eigenvalue weighted by atomic mass is 19.1. The first-order valence-corrected chi connectivity index (χ1v) is 13.3. The Hall–Kier alpha value is -4.27. The molecule has 6 rings (SSSR count). The SMILES string of the molecule is CCOc1cccc2c1O[C@@]1(C)C[C@H]2NC(=O)N1c1cccc(C(=O)N2CCN(c3ccccc3F)CC2)c1. The van der Waals surface area contributed by atoms with Gasteiger partial charge in [-0.2, -0.15) is 0 Å². The number of ether oxygens (including phenoxy) is 2. The molecule has 3 aliphatic heterocycles. The number of rotatable bonds is 5. The van der Waals surface area contributed by atoms with Gasteiger partial charge in [0.1, 0.15) is 5.82 Å². The van der Waals surface area contributed by atoms with Crippen LogP contribution in [0.5, 0.6) is 11.5 Å². The van der Waals surface area contributed by atoms with Crippen LogP contribution in [0.4, 0.5) is 20.6 Å². The van der Waals surface area contributed by atoms with Gasteiger partial charge in [0.2, 0.25) is 0 Å². The molecule has 0 aliphatic carbocycles. The lowest BCUT2D eigenvalue weighted by Crippen LogP contribution is -2.65. The molecule has 2 saturated heterocycles. The Labute approximate surface area is 226 Å². The molecule has 2 bridgehead atoms. The van der Waals surface area contributed by atoms with Gasteiger partial charge in [0.25, 0.3) is 5.91 Å². The number of benzene rings is 3. The average Bonchev–Trinajstić information content (AvgIpc) is 2.93. The average molecular weight is 531 g/mol. The summed E-state index contributed by atoms with van der Waals surface area (Å²) >= 11 is 0. The second-order valence-electron chi connectivity index (χ2n) is 10.2. The summed E-state index contributed by atoms with van der Waals surface area (Å²) < 4.78 is 26.5. The highest BCUT2D eigenvalue weighted by Gasteiger charge is 2.50. The number of nitrogens with zero attached hydrogens (tertiary/aromatic N) is 3. The fourth-order valence-corrected chi connectivity index (χ4v) is 5.84. The molecule has 2 fully saturated rings. The van der Waals surface area contributed by atoms with Crippen molar-refractivity contribution in [1.29, 1.82) is 0 Å². The topological polar surface area (TPSA) is 74.3 Å². The smallest absolute Gasteiger partial charge is 0.325 e. The highest BCUT2D eigenvalue weighted by molar-refractivity contribution is 5.99. The number of halogens is 1. The first kappa shape index (κ1) is 25.0. The van der Waals surface area contributed by atoms with E-state index in [9.17, 15) is 14.0 Å². The molecule has 0 saturated carbocycles. The van der Waals surface area contributed by atoms with Crippen LogP contribution >= 0.6 is 0 Å². The molecule has 39 heavy (non-hydrogen) atoms. The molecule has 9 heteroatoms. The molecule has 0 aromatic heterocycles. The second kappa shape index (κ2) is 9.80. The standard InChI is InChI=1S/C30H31FN4O4/c1-3-38-26-13-7-10-22-24-19-30(2,39-27(22)26)35(29(37)32-24)21-9-6-8-20(18-21)28(36)34-16-14-33(15-17-34)25-12-5-4-11-23(25)31/h4-13,18,24H,3,14-17,19H2,1-2H3,(H,32,37)/t24-,30+/m1/s1. The summed E-state index contributed by atoms with van der Waals surface area (Å²) in [5.41, 5.74) is 1.53. The fraction of sp³-hybridized carbons (Fsp3) is 0.333. The number of carbonyl (C=O) groups excluding carboxylic acids is 2. The van der Waals surface area contributed by atoms with Crippen molar-refractivity contribution in [2.24, 2.45) is 0 Å². The first-order chi connectivity index (χ1) is 18.9. The summed E-state index contributed by atoms with van der Waals surface area (Å²) in [7, 11) is 0. The van der Waals surface area contributed by atoms with Crippen LogP contribution in [0.15, 0.2) is 66.7 Å². The van der Waals surface area contributed by atoms with Crippen molar-refractivity contribution in [3.63, 3.8) is 0 Å². The number of piperazine rings is 1. The van der Waals surface area contributed by atoms with Gasteiger partial charge in [0, 0.05) is 43.7 Å². The van der Waals surface area contributed by atoms with E-state index in [1.54, 1.807) is 40.1 Å². The third-order valence-corrected chi connectivity index (χ3v) is 7.67. The molecule has 3 aromatic rings. The van der Waals surface area contributed by atoms with E-state index in [-0.39, 0.29) is 23.8 Å². The molecule has 3 aromatic carbocycles. The number of para-hydroxylation sites is 2. The van der Waals surface area contributed by atoms with Gasteiger partial charge in [-0.25, -0.2) is 9.18 Å². The van der Waals surface area contributed by atoms with E-state index in [1.807, 2.05) is 49.1 Å². The van der Waals surface area contributed by atoms with Crippen LogP contribution in [0.1, 0.15) is 42.2 Å². The molecule has 2 atom stereocenters. The summed E-state index contributed by atoms with van der Waals surface area (Å²) in [5.74, 6) is 0.879. The van der Waals surface area contributed by atoms with Crippen LogP contribution in [-0.2, 0) is 0 Å². The number of anilines is 2. The van der Waals surface area contributed by atoms with Gasteiger partial charge >= 0.3 is 6.03 Å². The third-order valence-electron chi connectivity index (χ3n) is 7.67. The summed E-state index contributed by atoms with van der Waals surface area (Å²) in [6.07, 6.45) is 0.539. The van der Waals surface area contributed by atoms with Gasteiger partial charge in [-0.05, 0) is 50.2 Å². The predicted octanol–water partition coefficient (Wildman–Crippen LogP) is 4.96. The lowest BCUT2D eigenvalue weighted by Gasteiger charge is -2.50. The Balaban J connectivity index is 1.23. The summed E-state index contributed by atoms with van der Waals surface area (Å²) in [4.78, 5) is 32.2. The van der Waals surface area contributed by atoms with E-state index in [1.165, 1.54) is 6.07 Å². The van der Waals surface area contributed by atoms with Gasteiger partial charge in [-0.1, -0.05) is 30.3 Å². The maximum atomic E-state index is 14.2. The maximum absolute atomic E-state index is 14.2. The van der Waals surface area contributed by atoms with Crippen LogP contribution in [0, 0.1) is 5.82 Å². The first-order valence-electron chi connectivity index (χ1n) is 13.3. The molecule has 1 N–H and O–H groups in total. The Bertz CT molecular complexity index is 1420. The van der Waals surface area contributed by atoms with Crippen LogP contribution in [0.2, 0.25) is 0 Å². The van der Waals surface area contributed by atoms with Gasteiger partial charge in [-0.15, -0.1) is 0 Å². The Morgan fingerprint density at radius 3 is 2.62 bits per heavy atom. The lowest BCUT2D eigenvalue weighted by atomic mass is 9.89. The number of amides is 3. The molecule has 3 heterocycles. The van der Waals surface area contributed by atoms with Crippen molar-refractivity contribution in [2.45, 2.75) is 32.0 Å². The zero-order valence-electron chi connectivity index (χ0n) is 22.0. The molecule has 0 radical (unpaired) electrons. The van der Waals surface area contributed by atoms with E-state index >= 15 is 0 Å². The molecule has 0 unspecified atom stereocenters. The highest BCUT2D eigenvalue weighted by Crippen LogP contribution is 2.49. The van der Waals surface area contributed by atoms with E-state index < -0.39 is 5.72 Å². The zero-order valence-corrected chi connectivity index (χ0v) is 22.0. The van der Waals surface area contributed by atoms with E-state index in [0.29, 0.717) is 67.6 Å². The summed E-state index contributed by atoms with van der Waals surface area (Å²) in [6.45, 7) is 6.33. The zero-order chi connectivity index (χ0) is 27.1.